The predicted octanol–water partition coefficient (Wildman–Crippen LogP) is 0.250. The number of nitrogens with zero attached hydrogens (tertiary/aromatic N) is 3. The van der Waals surface area contributed by atoms with Crippen LogP contribution < -0.4 is 10.3 Å². The van der Waals surface area contributed by atoms with Crippen molar-refractivity contribution < 1.29 is 9.84 Å². The second-order valence-electron chi connectivity index (χ2n) is 3.31. The number of rotatable bonds is 2. The Labute approximate surface area is 96.2 Å². The van der Waals surface area contributed by atoms with Gasteiger partial charge in [0.15, 0.2) is 5.82 Å². The smallest absolute Gasteiger partial charge is 0.257 e. The molecule has 0 spiro atoms. The number of H-pyrrole nitrogens is 1. The Morgan fingerprint density at radius 1 is 1.41 bits per heavy atom. The van der Waals surface area contributed by atoms with Crippen LogP contribution in [0.15, 0.2) is 17.2 Å². The predicted molar refractivity (Wildman–Crippen MR) is 58.8 cm³/mol. The zero-order valence-electron chi connectivity index (χ0n) is 9.26. The van der Waals surface area contributed by atoms with Gasteiger partial charge >= 0.3 is 0 Å². The third-order valence-electron chi connectivity index (χ3n) is 2.22. The Hall–Kier alpha value is -2.44. The molecule has 0 radical (unpaired) electrons. The molecule has 7 nitrogen and oxygen atoms in total. The highest BCUT2D eigenvalue weighted by Gasteiger charge is 2.09. The number of hydrogen-bond acceptors (Lipinski definition) is 6. The third-order valence-corrected chi connectivity index (χ3v) is 2.22. The van der Waals surface area contributed by atoms with Crippen molar-refractivity contribution in [2.75, 3.05) is 7.11 Å². The van der Waals surface area contributed by atoms with Crippen molar-refractivity contribution in [1.29, 1.82) is 0 Å². The standard InChI is InChI=1S/C10H10N4O3/c1-5-9(15)13-8(14-10(5)16)6-3-7(17-2)12-4-11-6/h3-4H,1-2H3,(H2,13,14,15,16). The van der Waals surface area contributed by atoms with Crippen LogP contribution in [0.4, 0.5) is 0 Å². The molecule has 0 fully saturated rings. The molecule has 0 saturated heterocycles. The minimum atomic E-state index is -0.412. The summed E-state index contributed by atoms with van der Waals surface area (Å²) in [6, 6.07) is 1.51. The first-order valence-corrected chi connectivity index (χ1v) is 4.78. The molecule has 2 N–H and O–H groups in total. The van der Waals surface area contributed by atoms with Crippen molar-refractivity contribution in [1.82, 2.24) is 19.9 Å². The first kappa shape index (κ1) is 11.1. The van der Waals surface area contributed by atoms with Gasteiger partial charge < -0.3 is 14.8 Å². The maximum atomic E-state index is 11.5. The molecule has 2 heterocycles. The van der Waals surface area contributed by atoms with Crippen molar-refractivity contribution in [3.63, 3.8) is 0 Å². The molecule has 0 aliphatic rings. The number of nitrogens with one attached hydrogen (secondary N) is 1. The van der Waals surface area contributed by atoms with E-state index in [0.717, 1.165) is 0 Å². The summed E-state index contributed by atoms with van der Waals surface area (Å²) in [5.74, 6) is 0.192. The van der Waals surface area contributed by atoms with Crippen molar-refractivity contribution in [3.05, 3.63) is 28.3 Å². The summed E-state index contributed by atoms with van der Waals surface area (Å²) in [6.07, 6.45) is 1.28. The fourth-order valence-electron chi connectivity index (χ4n) is 1.22. The number of methoxy groups -OCH3 is 1. The van der Waals surface area contributed by atoms with Crippen molar-refractivity contribution >= 4 is 0 Å². The van der Waals surface area contributed by atoms with Crippen molar-refractivity contribution in [2.45, 2.75) is 6.92 Å². The van der Waals surface area contributed by atoms with E-state index in [1.807, 2.05) is 0 Å². The first-order valence-electron chi connectivity index (χ1n) is 4.78. The number of aromatic hydroxyl groups is 1. The Balaban J connectivity index is 2.56. The van der Waals surface area contributed by atoms with Gasteiger partial charge in [-0.3, -0.25) is 4.79 Å². The van der Waals surface area contributed by atoms with Crippen LogP contribution in [0.2, 0.25) is 0 Å². The molecular weight excluding hydrogens is 224 g/mol. The van der Waals surface area contributed by atoms with Crippen LogP contribution >= 0.6 is 0 Å². The van der Waals surface area contributed by atoms with E-state index in [0.29, 0.717) is 11.6 Å². The zero-order valence-corrected chi connectivity index (χ0v) is 9.26. The van der Waals surface area contributed by atoms with E-state index in [1.165, 1.54) is 26.4 Å². The lowest BCUT2D eigenvalue weighted by Gasteiger charge is -2.03. The molecule has 7 heteroatoms. The van der Waals surface area contributed by atoms with E-state index >= 15 is 0 Å². The van der Waals surface area contributed by atoms with Crippen LogP contribution in [0.3, 0.4) is 0 Å². The van der Waals surface area contributed by atoms with Crippen molar-refractivity contribution in [3.8, 4) is 23.3 Å². The maximum Gasteiger partial charge on any atom is 0.257 e. The molecular formula is C10H10N4O3. The summed E-state index contributed by atoms with van der Waals surface area (Å²) in [7, 11) is 1.47. The molecule has 2 aromatic rings. The third kappa shape index (κ3) is 2.07. The van der Waals surface area contributed by atoms with Gasteiger partial charge in [-0.05, 0) is 6.92 Å². The second kappa shape index (κ2) is 4.20. The van der Waals surface area contributed by atoms with E-state index in [9.17, 15) is 9.90 Å². The van der Waals surface area contributed by atoms with Gasteiger partial charge in [-0.25, -0.2) is 9.97 Å². The van der Waals surface area contributed by atoms with Gasteiger partial charge in [0.05, 0.1) is 12.7 Å². The lowest BCUT2D eigenvalue weighted by atomic mass is 10.3. The largest absolute Gasteiger partial charge is 0.493 e. The summed E-state index contributed by atoms with van der Waals surface area (Å²) in [4.78, 5) is 25.6. The summed E-state index contributed by atoms with van der Waals surface area (Å²) in [6.45, 7) is 1.48. The summed E-state index contributed by atoms with van der Waals surface area (Å²) in [5.41, 5.74) is 0.115. The van der Waals surface area contributed by atoms with E-state index in [-0.39, 0.29) is 17.3 Å². The Kier molecular flexibility index (Phi) is 2.73. The summed E-state index contributed by atoms with van der Waals surface area (Å²) >= 11 is 0. The molecule has 0 amide bonds. The highest BCUT2D eigenvalue weighted by atomic mass is 16.5. The molecule has 0 atom stereocenters. The topological polar surface area (TPSA) is 101 Å². The fraction of sp³-hybridized carbons (Fsp3) is 0.200. The van der Waals surface area contributed by atoms with Gasteiger partial charge in [-0.15, -0.1) is 0 Å². The SMILES string of the molecule is COc1cc(-c2nc(O)c(C)c(=O)[nH]2)ncn1. The van der Waals surface area contributed by atoms with E-state index in [4.69, 9.17) is 4.74 Å². The fourth-order valence-corrected chi connectivity index (χ4v) is 1.22. The molecule has 0 unspecified atom stereocenters. The van der Waals surface area contributed by atoms with Crippen LogP contribution in [0.1, 0.15) is 5.56 Å². The molecule has 0 bridgehead atoms. The number of aromatic nitrogens is 4. The maximum absolute atomic E-state index is 11.5. The monoisotopic (exact) mass is 234 g/mol. The van der Waals surface area contributed by atoms with Gasteiger partial charge in [0.1, 0.15) is 12.0 Å². The molecule has 2 aromatic heterocycles. The minimum absolute atomic E-state index is 0.162. The normalized spacial score (nSPS) is 10.2. The number of aromatic amines is 1. The van der Waals surface area contributed by atoms with Crippen LogP contribution in [-0.4, -0.2) is 32.2 Å². The van der Waals surface area contributed by atoms with E-state index in [2.05, 4.69) is 19.9 Å². The minimum Gasteiger partial charge on any atom is -0.493 e. The highest BCUT2D eigenvalue weighted by molar-refractivity contribution is 5.51. The van der Waals surface area contributed by atoms with E-state index in [1.54, 1.807) is 0 Å². The lowest BCUT2D eigenvalue weighted by Crippen LogP contribution is -2.12. The van der Waals surface area contributed by atoms with Crippen LogP contribution in [0.25, 0.3) is 11.5 Å². The Bertz CT molecular complexity index is 609. The summed E-state index contributed by atoms with van der Waals surface area (Å²) in [5, 5.41) is 9.46. The molecule has 0 aliphatic heterocycles. The van der Waals surface area contributed by atoms with Crippen LogP contribution in [-0.2, 0) is 0 Å². The van der Waals surface area contributed by atoms with Crippen LogP contribution in [0, 0.1) is 6.92 Å². The molecule has 88 valence electrons. The quantitative estimate of drug-likeness (QED) is 0.772. The Morgan fingerprint density at radius 2 is 2.18 bits per heavy atom. The second-order valence-corrected chi connectivity index (χ2v) is 3.31. The van der Waals surface area contributed by atoms with E-state index < -0.39 is 5.56 Å². The highest BCUT2D eigenvalue weighted by Crippen LogP contribution is 2.17. The molecule has 0 saturated carbocycles. The zero-order chi connectivity index (χ0) is 12.4. The van der Waals surface area contributed by atoms with Gasteiger partial charge in [0.25, 0.3) is 5.56 Å². The van der Waals surface area contributed by atoms with Crippen molar-refractivity contribution in [2.24, 2.45) is 0 Å². The molecule has 2 rings (SSSR count). The number of ether oxygens (including phenoxy) is 1. The van der Waals surface area contributed by atoms with Gasteiger partial charge in [-0.2, -0.15) is 4.98 Å². The van der Waals surface area contributed by atoms with Gasteiger partial charge in [-0.1, -0.05) is 0 Å². The summed E-state index contributed by atoms with van der Waals surface area (Å²) < 4.78 is 4.93. The Morgan fingerprint density at radius 3 is 2.82 bits per heavy atom. The van der Waals surface area contributed by atoms with Gasteiger partial charge in [0.2, 0.25) is 11.8 Å². The molecule has 17 heavy (non-hydrogen) atoms. The first-order chi connectivity index (χ1) is 8.11. The lowest BCUT2D eigenvalue weighted by molar-refractivity contribution is 0.397. The molecule has 0 aromatic carbocycles. The number of hydrogen-bond donors (Lipinski definition) is 2. The van der Waals surface area contributed by atoms with Crippen LogP contribution in [0.5, 0.6) is 11.8 Å². The average molecular weight is 234 g/mol. The average Bonchev–Trinajstić information content (AvgIpc) is 2.35. The molecule has 0 aliphatic carbocycles. The van der Waals surface area contributed by atoms with Gasteiger partial charge in [0, 0.05) is 6.07 Å².